The summed E-state index contributed by atoms with van der Waals surface area (Å²) >= 11 is 0. The van der Waals surface area contributed by atoms with Gasteiger partial charge in [0.05, 0.1) is 39.0 Å². The Morgan fingerprint density at radius 1 is 1.07 bits per heavy atom. The Balaban J connectivity index is 1.23. The van der Waals surface area contributed by atoms with Crippen LogP contribution < -0.4 is 15.5 Å². The maximum Gasteiger partial charge on any atom is 0.511 e. The highest BCUT2D eigenvalue weighted by molar-refractivity contribution is 5.99. The first-order valence-corrected chi connectivity index (χ1v) is 14.2. The monoisotopic (exact) mass is 627 g/mol. The molecule has 1 aromatic heterocycles. The van der Waals surface area contributed by atoms with Crippen LogP contribution in [0.5, 0.6) is 5.75 Å². The van der Waals surface area contributed by atoms with Gasteiger partial charge in [0.15, 0.2) is 11.9 Å². The average Bonchev–Trinajstić information content (AvgIpc) is 3.40. The van der Waals surface area contributed by atoms with E-state index >= 15 is 0 Å². The van der Waals surface area contributed by atoms with Crippen molar-refractivity contribution in [3.05, 3.63) is 99.0 Å². The molecule has 238 valence electrons. The normalized spacial score (nSPS) is 17.0. The number of hydrogen-bond acceptors (Lipinski definition) is 9. The van der Waals surface area contributed by atoms with Crippen LogP contribution in [0.2, 0.25) is 0 Å². The zero-order chi connectivity index (χ0) is 31.9. The number of carbonyl (C=O) groups excluding carboxylic acids is 3. The second-order valence-corrected chi connectivity index (χ2v) is 10.4. The Morgan fingerprint density at radius 3 is 2.64 bits per heavy atom. The number of fused-ring (bicyclic) bond motifs is 2. The molecule has 1 fully saturated rings. The Kier molecular flexibility index (Phi) is 10.0. The van der Waals surface area contributed by atoms with Gasteiger partial charge >= 0.3 is 6.16 Å². The lowest BCUT2D eigenvalue weighted by atomic mass is 10.1. The first kappa shape index (κ1) is 31.6. The minimum Gasteiger partial charge on any atom is -0.451 e. The van der Waals surface area contributed by atoms with Crippen molar-refractivity contribution >= 4 is 18.0 Å². The standard InChI is InChI=1S/C31H31F2N3O9/c1-19-16-43-25-15-35-14-23(29(38)34-13-21-8-9-22(32)12-24(21)33)27(37)28(26(35)30(39)36(19)25)44-18-45-31(40)42-11-5-10-41-17-20-6-3-2-4-7-20/h2-4,6-9,12,14,19,25H,5,10-11,13,15-18H2,1H3,(H,34,38)/t19-,25+/m0/s1. The summed E-state index contributed by atoms with van der Waals surface area (Å²) in [7, 11) is 0. The van der Waals surface area contributed by atoms with Crippen molar-refractivity contribution in [1.82, 2.24) is 14.8 Å². The predicted octanol–water partition coefficient (Wildman–Crippen LogP) is 3.35. The van der Waals surface area contributed by atoms with Gasteiger partial charge in [-0.3, -0.25) is 14.4 Å². The van der Waals surface area contributed by atoms with Crippen molar-refractivity contribution in [3.8, 4) is 5.75 Å². The smallest absolute Gasteiger partial charge is 0.451 e. The molecule has 12 nitrogen and oxygen atoms in total. The van der Waals surface area contributed by atoms with E-state index < -0.39 is 59.4 Å². The number of rotatable bonds is 12. The molecule has 2 amide bonds. The lowest BCUT2D eigenvalue weighted by molar-refractivity contribution is -0.00406. The molecule has 0 aliphatic carbocycles. The van der Waals surface area contributed by atoms with Gasteiger partial charge in [-0.05, 0) is 18.6 Å². The van der Waals surface area contributed by atoms with E-state index in [-0.39, 0.29) is 43.6 Å². The highest BCUT2D eigenvalue weighted by Crippen LogP contribution is 2.30. The summed E-state index contributed by atoms with van der Waals surface area (Å²) in [6, 6.07) is 12.2. The van der Waals surface area contributed by atoms with E-state index in [0.717, 1.165) is 11.6 Å². The third-order valence-electron chi connectivity index (χ3n) is 7.19. The molecule has 2 atom stereocenters. The fourth-order valence-corrected chi connectivity index (χ4v) is 4.95. The molecule has 0 unspecified atom stereocenters. The van der Waals surface area contributed by atoms with Gasteiger partial charge in [0.1, 0.15) is 17.2 Å². The first-order chi connectivity index (χ1) is 21.7. The minimum atomic E-state index is -1.07. The van der Waals surface area contributed by atoms with E-state index in [1.54, 1.807) is 6.92 Å². The summed E-state index contributed by atoms with van der Waals surface area (Å²) in [5.41, 5.74) is -0.514. The van der Waals surface area contributed by atoms with Crippen LogP contribution in [0, 0.1) is 11.6 Å². The third kappa shape index (κ3) is 7.46. The van der Waals surface area contributed by atoms with Crippen LogP contribution in [0.4, 0.5) is 13.6 Å². The maximum atomic E-state index is 14.1. The van der Waals surface area contributed by atoms with E-state index in [2.05, 4.69) is 5.32 Å². The van der Waals surface area contributed by atoms with Gasteiger partial charge < -0.3 is 38.5 Å². The molecule has 3 aromatic rings. The molecule has 0 radical (unpaired) electrons. The van der Waals surface area contributed by atoms with Gasteiger partial charge in [-0.15, -0.1) is 0 Å². The molecule has 2 aliphatic rings. The van der Waals surface area contributed by atoms with Gasteiger partial charge in [-0.25, -0.2) is 13.6 Å². The number of nitrogens with zero attached hydrogens (tertiary/aromatic N) is 2. The van der Waals surface area contributed by atoms with Gasteiger partial charge in [-0.2, -0.15) is 0 Å². The molecule has 1 N–H and O–H groups in total. The summed E-state index contributed by atoms with van der Waals surface area (Å²) in [5, 5.41) is 2.42. The summed E-state index contributed by atoms with van der Waals surface area (Å²) < 4.78 is 55.4. The Hall–Kier alpha value is -4.82. The number of aromatic nitrogens is 1. The van der Waals surface area contributed by atoms with Crippen LogP contribution in [0.15, 0.2) is 59.5 Å². The lowest BCUT2D eigenvalue weighted by Crippen LogP contribution is -2.49. The number of pyridine rings is 1. The SMILES string of the molecule is C[C@H]1CO[C@@H]2Cn3cc(C(=O)NCc4ccc(F)cc4F)c(=O)c(OCOC(=O)OCCCOCc4ccccc4)c3C(=O)N12. The number of nitrogens with one attached hydrogen (secondary N) is 1. The Labute approximate surface area is 256 Å². The summed E-state index contributed by atoms with van der Waals surface area (Å²) in [6.45, 7) is 1.77. The highest BCUT2D eigenvalue weighted by Gasteiger charge is 2.43. The lowest BCUT2D eigenvalue weighted by Gasteiger charge is -2.34. The van der Waals surface area contributed by atoms with Gasteiger partial charge in [0.2, 0.25) is 18.0 Å². The second-order valence-electron chi connectivity index (χ2n) is 10.4. The minimum absolute atomic E-state index is 0.00269. The Bertz CT molecular complexity index is 1620. The van der Waals surface area contributed by atoms with E-state index in [9.17, 15) is 28.0 Å². The average molecular weight is 628 g/mol. The predicted molar refractivity (Wildman–Crippen MR) is 152 cm³/mol. The van der Waals surface area contributed by atoms with Crippen LogP contribution in [0.1, 0.15) is 45.3 Å². The third-order valence-corrected chi connectivity index (χ3v) is 7.19. The largest absolute Gasteiger partial charge is 0.511 e. The Morgan fingerprint density at radius 2 is 1.87 bits per heavy atom. The van der Waals surface area contributed by atoms with E-state index in [4.69, 9.17) is 23.7 Å². The van der Waals surface area contributed by atoms with Crippen LogP contribution in [0.3, 0.4) is 0 Å². The molecule has 2 aliphatic heterocycles. The molecule has 3 heterocycles. The van der Waals surface area contributed by atoms with Crippen molar-refractivity contribution in [3.63, 3.8) is 0 Å². The molecule has 0 spiro atoms. The number of hydrogen-bond donors (Lipinski definition) is 1. The topological polar surface area (TPSA) is 135 Å². The number of carbonyl (C=O) groups is 3. The van der Waals surface area contributed by atoms with E-state index in [1.807, 2.05) is 30.3 Å². The first-order valence-electron chi connectivity index (χ1n) is 14.2. The van der Waals surface area contributed by atoms with Crippen LogP contribution in [-0.4, -0.2) is 66.3 Å². The van der Waals surface area contributed by atoms with Crippen LogP contribution in [0.25, 0.3) is 0 Å². The van der Waals surface area contributed by atoms with Crippen LogP contribution in [-0.2, 0) is 38.6 Å². The molecular formula is C31H31F2N3O9. The maximum absolute atomic E-state index is 14.1. The summed E-state index contributed by atoms with van der Waals surface area (Å²) in [5.74, 6) is -3.63. The molecule has 2 aromatic carbocycles. The van der Waals surface area contributed by atoms with E-state index in [0.29, 0.717) is 25.7 Å². The van der Waals surface area contributed by atoms with Crippen molar-refractivity contribution < 1.29 is 46.8 Å². The van der Waals surface area contributed by atoms with Crippen molar-refractivity contribution in [1.29, 1.82) is 0 Å². The molecule has 1 saturated heterocycles. The van der Waals surface area contributed by atoms with Gasteiger partial charge in [0.25, 0.3) is 11.8 Å². The molecule has 0 bridgehead atoms. The fourth-order valence-electron chi connectivity index (χ4n) is 4.95. The number of amides is 2. The molecule has 14 heteroatoms. The number of benzene rings is 2. The number of halogens is 2. The highest BCUT2D eigenvalue weighted by atomic mass is 19.1. The molecule has 5 rings (SSSR count). The van der Waals surface area contributed by atoms with Crippen molar-refractivity contribution in [2.24, 2.45) is 0 Å². The second kappa shape index (κ2) is 14.3. The van der Waals surface area contributed by atoms with Gasteiger partial charge in [-0.1, -0.05) is 36.4 Å². The molecular weight excluding hydrogens is 596 g/mol. The summed E-state index contributed by atoms with van der Waals surface area (Å²) in [6.07, 6.45) is -0.113. The fraction of sp³-hybridized carbons (Fsp3) is 0.355. The molecule has 45 heavy (non-hydrogen) atoms. The van der Waals surface area contributed by atoms with Crippen molar-refractivity contribution in [2.75, 3.05) is 26.6 Å². The van der Waals surface area contributed by atoms with E-state index in [1.165, 1.54) is 21.7 Å². The van der Waals surface area contributed by atoms with Crippen LogP contribution >= 0.6 is 0 Å². The van der Waals surface area contributed by atoms with Gasteiger partial charge in [0, 0.05) is 30.8 Å². The number of ether oxygens (including phenoxy) is 5. The summed E-state index contributed by atoms with van der Waals surface area (Å²) in [4.78, 5) is 53.5. The zero-order valence-corrected chi connectivity index (χ0v) is 24.3. The quantitative estimate of drug-likeness (QED) is 0.182. The zero-order valence-electron chi connectivity index (χ0n) is 24.3. The van der Waals surface area contributed by atoms with Crippen molar-refractivity contribution in [2.45, 2.75) is 45.3 Å². The molecule has 0 saturated carbocycles.